The predicted octanol–water partition coefficient (Wildman–Crippen LogP) is 1.81. The van der Waals surface area contributed by atoms with Crippen LogP contribution in [-0.2, 0) is 23.7 Å². The lowest BCUT2D eigenvalue weighted by atomic mass is 9.41. The van der Waals surface area contributed by atoms with Crippen molar-refractivity contribution in [2.24, 2.45) is 28.6 Å². The lowest BCUT2D eigenvalue weighted by Crippen LogP contribution is -2.85. The summed E-state index contributed by atoms with van der Waals surface area (Å²) in [5, 5.41) is 13.2. The van der Waals surface area contributed by atoms with Gasteiger partial charge in [-0.15, -0.1) is 0 Å². The molecule has 0 aromatic carbocycles. The molecule has 12 atom stereocenters. The SMILES string of the molecule is CCN1CC2(C)CCC(OC)C34C2CC2(OCOC25CC(OC)C2CC3(O)C5C2OC)C14. The van der Waals surface area contributed by atoms with Gasteiger partial charge in [0.05, 0.1) is 30.0 Å². The fraction of sp³-hybridized carbons (Fsp3) is 1.00. The van der Waals surface area contributed by atoms with Gasteiger partial charge in [-0.05, 0) is 43.6 Å². The number of rotatable bonds is 4. The van der Waals surface area contributed by atoms with E-state index in [1.165, 1.54) is 0 Å². The summed E-state index contributed by atoms with van der Waals surface area (Å²) in [6, 6.07) is 0.0823. The molecule has 5 saturated carbocycles. The van der Waals surface area contributed by atoms with Gasteiger partial charge >= 0.3 is 0 Å². The van der Waals surface area contributed by atoms with Gasteiger partial charge in [0.15, 0.2) is 0 Å². The van der Waals surface area contributed by atoms with E-state index in [-0.39, 0.29) is 53.8 Å². The molecule has 7 bridgehead atoms. The molecular formula is C25H39NO6. The fourth-order valence-corrected chi connectivity index (χ4v) is 11.3. The first kappa shape index (κ1) is 21.0. The van der Waals surface area contributed by atoms with E-state index in [1.54, 1.807) is 14.2 Å². The molecule has 2 heterocycles. The molecule has 7 heteroatoms. The van der Waals surface area contributed by atoms with Gasteiger partial charge in [-0.1, -0.05) is 13.8 Å². The third-order valence-electron chi connectivity index (χ3n) is 11.9. The van der Waals surface area contributed by atoms with Crippen LogP contribution in [0.4, 0.5) is 0 Å². The molecule has 7 fully saturated rings. The van der Waals surface area contributed by atoms with Gasteiger partial charge in [0.1, 0.15) is 18.0 Å². The van der Waals surface area contributed by atoms with Crippen LogP contribution in [0.25, 0.3) is 0 Å². The second-order valence-corrected chi connectivity index (χ2v) is 12.2. The molecule has 12 unspecified atom stereocenters. The lowest BCUT2D eigenvalue weighted by Gasteiger charge is -2.72. The maximum absolute atomic E-state index is 13.2. The molecule has 3 spiro atoms. The van der Waals surface area contributed by atoms with Crippen molar-refractivity contribution in [2.75, 3.05) is 41.2 Å². The Morgan fingerprint density at radius 1 is 1.03 bits per heavy atom. The molecule has 7 nitrogen and oxygen atoms in total. The maximum atomic E-state index is 13.2. The van der Waals surface area contributed by atoms with Crippen LogP contribution >= 0.6 is 0 Å². The number of fused-ring (bicyclic) bond motifs is 1. The number of likely N-dealkylation sites (N-methyl/N-ethyl adjacent to an activating group) is 1. The molecule has 2 aliphatic heterocycles. The van der Waals surface area contributed by atoms with Crippen LogP contribution < -0.4 is 0 Å². The lowest BCUT2D eigenvalue weighted by molar-refractivity contribution is -0.332. The normalized spacial score (nSPS) is 64.1. The number of hydrogen-bond donors (Lipinski definition) is 1. The van der Waals surface area contributed by atoms with Crippen molar-refractivity contribution < 1.29 is 28.8 Å². The van der Waals surface area contributed by atoms with Crippen molar-refractivity contribution in [3.05, 3.63) is 0 Å². The van der Waals surface area contributed by atoms with E-state index in [2.05, 4.69) is 18.7 Å². The van der Waals surface area contributed by atoms with Gasteiger partial charge in [0.2, 0.25) is 0 Å². The number of likely N-dealkylation sites (tertiary alicyclic amines) is 1. The van der Waals surface area contributed by atoms with E-state index in [1.807, 2.05) is 7.11 Å². The van der Waals surface area contributed by atoms with Crippen molar-refractivity contribution >= 4 is 0 Å². The molecule has 1 N–H and O–H groups in total. The Morgan fingerprint density at radius 2 is 1.81 bits per heavy atom. The second-order valence-electron chi connectivity index (χ2n) is 12.2. The Balaban J connectivity index is 1.57. The number of methoxy groups -OCH3 is 3. The molecule has 0 aromatic rings. The fourth-order valence-electron chi connectivity index (χ4n) is 11.3. The van der Waals surface area contributed by atoms with E-state index < -0.39 is 16.8 Å². The quantitative estimate of drug-likeness (QED) is 0.702. The Labute approximate surface area is 191 Å². The Hall–Kier alpha value is -0.280. The van der Waals surface area contributed by atoms with Crippen LogP contribution in [0.15, 0.2) is 0 Å². The number of aliphatic hydroxyl groups is 1. The van der Waals surface area contributed by atoms with Crippen LogP contribution in [0.1, 0.15) is 46.0 Å². The highest BCUT2D eigenvalue weighted by atomic mass is 16.7. The first-order valence-electron chi connectivity index (χ1n) is 12.7. The van der Waals surface area contributed by atoms with Crippen LogP contribution in [0, 0.1) is 28.6 Å². The molecule has 0 aromatic heterocycles. The average molecular weight is 450 g/mol. The van der Waals surface area contributed by atoms with Crippen molar-refractivity contribution in [3.63, 3.8) is 0 Å². The van der Waals surface area contributed by atoms with Gasteiger partial charge in [-0.2, -0.15) is 0 Å². The summed E-state index contributed by atoms with van der Waals surface area (Å²) in [4.78, 5) is 2.63. The van der Waals surface area contributed by atoms with E-state index in [0.717, 1.165) is 38.8 Å². The van der Waals surface area contributed by atoms with Crippen molar-refractivity contribution in [3.8, 4) is 0 Å². The topological polar surface area (TPSA) is 69.6 Å². The van der Waals surface area contributed by atoms with Gasteiger partial charge in [0, 0.05) is 51.5 Å². The average Bonchev–Trinajstić information content (AvgIpc) is 3.34. The van der Waals surface area contributed by atoms with Crippen LogP contribution in [0.3, 0.4) is 0 Å². The predicted molar refractivity (Wildman–Crippen MR) is 115 cm³/mol. The minimum atomic E-state index is -0.940. The third-order valence-corrected chi connectivity index (χ3v) is 11.9. The minimum absolute atomic E-state index is 0.00403. The van der Waals surface area contributed by atoms with Crippen molar-refractivity contribution in [2.45, 2.75) is 87.1 Å². The highest BCUT2D eigenvalue weighted by molar-refractivity contribution is 5.44. The van der Waals surface area contributed by atoms with Crippen LogP contribution in [-0.4, -0.2) is 92.4 Å². The molecule has 7 aliphatic rings. The van der Waals surface area contributed by atoms with E-state index >= 15 is 0 Å². The van der Waals surface area contributed by atoms with E-state index in [4.69, 9.17) is 23.7 Å². The monoisotopic (exact) mass is 449 g/mol. The summed E-state index contributed by atoms with van der Waals surface area (Å²) in [6.45, 7) is 7.01. The molecule has 0 amide bonds. The molecule has 7 rings (SSSR count). The zero-order chi connectivity index (χ0) is 22.3. The number of piperidine rings is 1. The van der Waals surface area contributed by atoms with Gasteiger partial charge in [0.25, 0.3) is 0 Å². The molecule has 5 aliphatic carbocycles. The standard InChI is InChI=1S/C25H39NO6/c1-6-26-12-21(2)8-7-17(29-4)25-16(21)11-24(20(25)26)23(31-13-32-24)10-15(28-3)14-9-22(25,27)19(23)18(14)30-5/h14-20,27H,6-13H2,1-5H3. The number of ether oxygens (including phenoxy) is 5. The first-order valence-corrected chi connectivity index (χ1v) is 12.7. The highest BCUT2D eigenvalue weighted by Gasteiger charge is 2.94. The summed E-state index contributed by atoms with van der Waals surface area (Å²) in [6.07, 6.45) is 4.41. The minimum Gasteiger partial charge on any atom is -0.389 e. The van der Waals surface area contributed by atoms with Gasteiger partial charge < -0.3 is 28.8 Å². The molecule has 0 radical (unpaired) electrons. The zero-order valence-corrected chi connectivity index (χ0v) is 20.1. The summed E-state index contributed by atoms with van der Waals surface area (Å²) in [5.74, 6) is 0.368. The largest absolute Gasteiger partial charge is 0.389 e. The van der Waals surface area contributed by atoms with Crippen LogP contribution in [0.5, 0.6) is 0 Å². The van der Waals surface area contributed by atoms with Gasteiger partial charge in [-0.3, -0.25) is 4.90 Å². The molecular weight excluding hydrogens is 410 g/mol. The zero-order valence-electron chi connectivity index (χ0n) is 20.1. The summed E-state index contributed by atoms with van der Waals surface area (Å²) in [7, 11) is 5.44. The van der Waals surface area contributed by atoms with Crippen molar-refractivity contribution in [1.82, 2.24) is 4.90 Å². The van der Waals surface area contributed by atoms with Gasteiger partial charge in [-0.25, -0.2) is 0 Å². The maximum Gasteiger partial charge on any atom is 0.148 e. The first-order chi connectivity index (χ1) is 15.3. The highest BCUT2D eigenvalue weighted by Crippen LogP contribution is 2.83. The number of hydrogen-bond acceptors (Lipinski definition) is 7. The Kier molecular flexibility index (Phi) is 4.01. The third kappa shape index (κ3) is 1.77. The number of nitrogens with zero attached hydrogens (tertiary/aromatic N) is 1. The Bertz CT molecular complexity index is 841. The molecule has 2 saturated heterocycles. The summed E-state index contributed by atoms with van der Waals surface area (Å²) in [5.41, 5.74) is -2.26. The van der Waals surface area contributed by atoms with Crippen LogP contribution in [0.2, 0.25) is 0 Å². The van der Waals surface area contributed by atoms with Crippen molar-refractivity contribution in [1.29, 1.82) is 0 Å². The summed E-state index contributed by atoms with van der Waals surface area (Å²) < 4.78 is 32.2. The second kappa shape index (κ2) is 6.10. The smallest absolute Gasteiger partial charge is 0.148 e. The van der Waals surface area contributed by atoms with E-state index in [9.17, 15) is 5.11 Å². The molecule has 32 heavy (non-hydrogen) atoms. The van der Waals surface area contributed by atoms with E-state index in [0.29, 0.717) is 12.3 Å². The molecule has 180 valence electrons. The summed E-state index contributed by atoms with van der Waals surface area (Å²) >= 11 is 0. The Morgan fingerprint density at radius 3 is 2.50 bits per heavy atom.